The highest BCUT2D eigenvalue weighted by Gasteiger charge is 2.27. The van der Waals surface area contributed by atoms with Crippen molar-refractivity contribution < 1.29 is 14.3 Å². The number of carbonyl (C=O) groups is 2. The van der Waals surface area contributed by atoms with E-state index in [0.29, 0.717) is 23.6 Å². The van der Waals surface area contributed by atoms with E-state index in [4.69, 9.17) is 4.74 Å². The lowest BCUT2D eigenvalue weighted by Crippen LogP contribution is -2.27. The molecule has 1 aromatic rings. The number of nitrogens with one attached hydrogen (secondary N) is 1. The van der Waals surface area contributed by atoms with Gasteiger partial charge in [-0.1, -0.05) is 13.8 Å². The molecule has 134 valence electrons. The average Bonchev–Trinajstić information content (AvgIpc) is 2.93. The van der Waals surface area contributed by atoms with Crippen LogP contribution < -0.4 is 5.32 Å². The molecule has 0 saturated heterocycles. The summed E-state index contributed by atoms with van der Waals surface area (Å²) in [6, 6.07) is 0. The van der Waals surface area contributed by atoms with E-state index in [2.05, 4.69) is 24.1 Å². The Hall–Kier alpha value is -1.40. The van der Waals surface area contributed by atoms with E-state index in [9.17, 15) is 9.59 Å². The molecule has 0 radical (unpaired) electrons. The molecule has 1 aliphatic carbocycles. The van der Waals surface area contributed by atoms with E-state index in [-0.39, 0.29) is 11.9 Å². The zero-order valence-electron chi connectivity index (χ0n) is 14.9. The quantitative estimate of drug-likeness (QED) is 0.728. The molecule has 1 heterocycles. The van der Waals surface area contributed by atoms with Crippen molar-refractivity contribution in [1.82, 2.24) is 4.90 Å². The molecule has 5 nitrogen and oxygen atoms in total. The number of thiophene rings is 1. The molecule has 0 spiro atoms. The standard InChI is InChI=1S/C18H28N2O3S/c1-4-20(5-2)12-11-15(21)19-17-16(18(22)23-6-3)13-9-7-8-10-14(13)24-17/h4-12H2,1-3H3,(H,19,21). The van der Waals surface area contributed by atoms with Crippen LogP contribution >= 0.6 is 11.3 Å². The zero-order chi connectivity index (χ0) is 17.5. The van der Waals surface area contributed by atoms with Crippen LogP contribution in [0.5, 0.6) is 0 Å². The fourth-order valence-corrected chi connectivity index (χ4v) is 4.36. The summed E-state index contributed by atoms with van der Waals surface area (Å²) < 4.78 is 5.22. The maximum atomic E-state index is 12.4. The number of nitrogens with zero attached hydrogens (tertiary/aromatic N) is 1. The highest BCUT2D eigenvalue weighted by Crippen LogP contribution is 2.38. The molecule has 0 aromatic carbocycles. The molecule has 0 atom stereocenters. The molecule has 1 N–H and O–H groups in total. The molecule has 0 aliphatic heterocycles. The van der Waals surface area contributed by atoms with E-state index >= 15 is 0 Å². The van der Waals surface area contributed by atoms with Crippen LogP contribution in [0, 0.1) is 0 Å². The Kier molecular flexibility index (Phi) is 7.24. The molecule has 6 heteroatoms. The highest BCUT2D eigenvalue weighted by molar-refractivity contribution is 7.17. The van der Waals surface area contributed by atoms with Crippen molar-refractivity contribution in [2.24, 2.45) is 0 Å². The maximum absolute atomic E-state index is 12.4. The Bertz CT molecular complexity index is 579. The first-order chi connectivity index (χ1) is 11.6. The molecule has 0 unspecified atom stereocenters. The first-order valence-electron chi connectivity index (χ1n) is 8.94. The van der Waals surface area contributed by atoms with Crippen LogP contribution in [-0.2, 0) is 22.4 Å². The van der Waals surface area contributed by atoms with Crippen LogP contribution in [0.3, 0.4) is 0 Å². The van der Waals surface area contributed by atoms with Gasteiger partial charge in [0, 0.05) is 17.8 Å². The number of hydrogen-bond acceptors (Lipinski definition) is 5. The fourth-order valence-electron chi connectivity index (χ4n) is 3.06. The normalized spacial score (nSPS) is 13.7. The van der Waals surface area contributed by atoms with Gasteiger partial charge < -0.3 is 15.0 Å². The lowest BCUT2D eigenvalue weighted by molar-refractivity contribution is -0.116. The molecule has 1 aliphatic rings. The summed E-state index contributed by atoms with van der Waals surface area (Å²) in [5.41, 5.74) is 1.68. The van der Waals surface area contributed by atoms with Crippen LogP contribution in [0.1, 0.15) is 60.8 Å². The molecule has 2 rings (SSSR count). The predicted octanol–water partition coefficient (Wildman–Crippen LogP) is 3.47. The molecule has 24 heavy (non-hydrogen) atoms. The Morgan fingerprint density at radius 2 is 1.88 bits per heavy atom. The van der Waals surface area contributed by atoms with E-state index < -0.39 is 0 Å². The summed E-state index contributed by atoms with van der Waals surface area (Å²) in [5.74, 6) is -0.345. The van der Waals surface area contributed by atoms with Gasteiger partial charge in [0.05, 0.1) is 12.2 Å². The number of rotatable bonds is 8. The van der Waals surface area contributed by atoms with Gasteiger partial charge in [-0.05, 0) is 51.3 Å². The smallest absolute Gasteiger partial charge is 0.341 e. The summed E-state index contributed by atoms with van der Waals surface area (Å²) >= 11 is 1.54. The first kappa shape index (κ1) is 18.9. The number of hydrogen-bond donors (Lipinski definition) is 1. The minimum atomic E-state index is -0.309. The number of amides is 1. The summed E-state index contributed by atoms with van der Waals surface area (Å²) in [4.78, 5) is 28.1. The Morgan fingerprint density at radius 3 is 2.54 bits per heavy atom. The van der Waals surface area contributed by atoms with Crippen molar-refractivity contribution in [3.05, 3.63) is 16.0 Å². The van der Waals surface area contributed by atoms with E-state index in [1.165, 1.54) is 4.88 Å². The Labute approximate surface area is 148 Å². The summed E-state index contributed by atoms with van der Waals surface area (Å²) in [6.07, 6.45) is 4.56. The molecule has 1 aromatic heterocycles. The van der Waals surface area contributed by atoms with Crippen LogP contribution in [-0.4, -0.2) is 43.0 Å². The van der Waals surface area contributed by atoms with Crippen molar-refractivity contribution in [3.63, 3.8) is 0 Å². The van der Waals surface area contributed by atoms with Gasteiger partial charge in [-0.2, -0.15) is 0 Å². The fraction of sp³-hybridized carbons (Fsp3) is 0.667. The third-order valence-corrected chi connectivity index (χ3v) is 5.66. The van der Waals surface area contributed by atoms with Crippen molar-refractivity contribution in [3.8, 4) is 0 Å². The van der Waals surface area contributed by atoms with Crippen LogP contribution in [0.2, 0.25) is 0 Å². The average molecular weight is 353 g/mol. The second-order valence-corrected chi connectivity index (χ2v) is 7.07. The largest absolute Gasteiger partial charge is 0.462 e. The van der Waals surface area contributed by atoms with Crippen molar-refractivity contribution >= 4 is 28.2 Å². The molecule has 1 amide bonds. The van der Waals surface area contributed by atoms with Crippen LogP contribution in [0.25, 0.3) is 0 Å². The number of carbonyl (C=O) groups excluding carboxylic acids is 2. The molecule has 0 fully saturated rings. The lowest BCUT2D eigenvalue weighted by atomic mass is 9.95. The minimum Gasteiger partial charge on any atom is -0.462 e. The van der Waals surface area contributed by atoms with Gasteiger partial charge in [0.1, 0.15) is 5.00 Å². The molecule has 0 bridgehead atoms. The van der Waals surface area contributed by atoms with Crippen molar-refractivity contribution in [1.29, 1.82) is 0 Å². The van der Waals surface area contributed by atoms with Gasteiger partial charge >= 0.3 is 5.97 Å². The molecular weight excluding hydrogens is 324 g/mol. The predicted molar refractivity (Wildman–Crippen MR) is 98.0 cm³/mol. The van der Waals surface area contributed by atoms with Gasteiger partial charge in [-0.25, -0.2) is 4.79 Å². The molecular formula is C18H28N2O3S. The lowest BCUT2D eigenvalue weighted by Gasteiger charge is -2.17. The monoisotopic (exact) mass is 352 g/mol. The van der Waals surface area contributed by atoms with Crippen molar-refractivity contribution in [2.45, 2.75) is 52.9 Å². The summed E-state index contributed by atoms with van der Waals surface area (Å²) in [5, 5.41) is 3.63. The number of anilines is 1. The Balaban J connectivity index is 2.12. The number of esters is 1. The third kappa shape index (κ3) is 4.57. The van der Waals surface area contributed by atoms with Gasteiger partial charge in [-0.3, -0.25) is 4.79 Å². The first-order valence-corrected chi connectivity index (χ1v) is 9.76. The Morgan fingerprint density at radius 1 is 1.17 bits per heavy atom. The number of fused-ring (bicyclic) bond motifs is 1. The number of aryl methyl sites for hydroxylation is 1. The second kappa shape index (κ2) is 9.18. The van der Waals surface area contributed by atoms with Crippen LogP contribution in [0.4, 0.5) is 5.00 Å². The van der Waals surface area contributed by atoms with Crippen molar-refractivity contribution in [2.75, 3.05) is 31.6 Å². The third-order valence-electron chi connectivity index (χ3n) is 4.45. The summed E-state index contributed by atoms with van der Waals surface area (Å²) in [7, 11) is 0. The van der Waals surface area contributed by atoms with E-state index in [0.717, 1.165) is 50.9 Å². The maximum Gasteiger partial charge on any atom is 0.341 e. The molecule has 0 saturated carbocycles. The van der Waals surface area contributed by atoms with Gasteiger partial charge in [-0.15, -0.1) is 11.3 Å². The van der Waals surface area contributed by atoms with Gasteiger partial charge in [0.15, 0.2) is 0 Å². The SMILES string of the molecule is CCOC(=O)c1c(NC(=O)CCN(CC)CC)sc2c1CCCC2. The zero-order valence-corrected chi connectivity index (χ0v) is 15.8. The van der Waals surface area contributed by atoms with E-state index in [1.807, 2.05) is 0 Å². The topological polar surface area (TPSA) is 58.6 Å². The van der Waals surface area contributed by atoms with Crippen LogP contribution in [0.15, 0.2) is 0 Å². The summed E-state index contributed by atoms with van der Waals surface area (Å²) in [6.45, 7) is 8.94. The van der Waals surface area contributed by atoms with E-state index in [1.54, 1.807) is 18.3 Å². The van der Waals surface area contributed by atoms with Gasteiger partial charge in [0.25, 0.3) is 0 Å². The highest BCUT2D eigenvalue weighted by atomic mass is 32.1. The van der Waals surface area contributed by atoms with Gasteiger partial charge in [0.2, 0.25) is 5.91 Å². The second-order valence-electron chi connectivity index (χ2n) is 5.96. The number of ether oxygens (including phenoxy) is 1. The minimum absolute atomic E-state index is 0.0361.